The van der Waals surface area contributed by atoms with Crippen molar-refractivity contribution in [2.45, 2.75) is 110 Å². The topological polar surface area (TPSA) is 9.23 Å². The summed E-state index contributed by atoms with van der Waals surface area (Å²) in [6.45, 7) is 4.65. The highest BCUT2D eigenvalue weighted by molar-refractivity contribution is 5.74. The molecule has 0 spiro atoms. The van der Waals surface area contributed by atoms with E-state index in [2.05, 4.69) is 13.0 Å². The van der Waals surface area contributed by atoms with Crippen molar-refractivity contribution < 1.29 is 17.9 Å². The van der Waals surface area contributed by atoms with Crippen LogP contribution >= 0.6 is 0 Å². The maximum Gasteiger partial charge on any atom is 0.201 e. The Labute approximate surface area is 269 Å². The van der Waals surface area contributed by atoms with Crippen molar-refractivity contribution in [3.63, 3.8) is 0 Å². The van der Waals surface area contributed by atoms with Crippen LogP contribution in [0, 0.1) is 35.2 Å². The summed E-state index contributed by atoms with van der Waals surface area (Å²) in [5.41, 5.74) is 4.18. The van der Waals surface area contributed by atoms with Crippen LogP contribution in [0.25, 0.3) is 27.8 Å². The molecule has 2 aliphatic rings. The first-order valence-corrected chi connectivity index (χ1v) is 17.7. The van der Waals surface area contributed by atoms with Crippen LogP contribution in [0.1, 0.15) is 116 Å². The Bertz CT molecular complexity index is 1400. The molecule has 0 N–H and O–H groups in total. The third kappa shape index (κ3) is 8.63. The number of ether oxygens (including phenoxy) is 1. The van der Waals surface area contributed by atoms with Crippen molar-refractivity contribution in [2.75, 3.05) is 6.61 Å². The second-order valence-corrected chi connectivity index (χ2v) is 13.5. The fraction of sp³-hybridized carbons (Fsp3) is 0.512. The molecule has 1 unspecified atom stereocenters. The third-order valence-corrected chi connectivity index (χ3v) is 10.4. The van der Waals surface area contributed by atoms with Crippen LogP contribution in [0.4, 0.5) is 13.2 Å². The van der Waals surface area contributed by atoms with E-state index in [1.807, 2.05) is 31.2 Å². The average molecular weight is 617 g/mol. The molecule has 0 aliphatic heterocycles. The molecule has 0 amide bonds. The molecule has 5 rings (SSSR count). The van der Waals surface area contributed by atoms with Gasteiger partial charge < -0.3 is 4.74 Å². The Morgan fingerprint density at radius 2 is 1.33 bits per heavy atom. The number of hydrogen-bond acceptors (Lipinski definition) is 1. The normalized spacial score (nSPS) is 20.2. The maximum atomic E-state index is 15.4. The van der Waals surface area contributed by atoms with E-state index < -0.39 is 11.6 Å². The molecule has 1 nitrogen and oxygen atoms in total. The first kappa shape index (κ1) is 33.4. The monoisotopic (exact) mass is 616 g/mol. The molecule has 0 radical (unpaired) electrons. The van der Waals surface area contributed by atoms with Gasteiger partial charge in [-0.05, 0) is 96.7 Å². The minimum atomic E-state index is -0.968. The van der Waals surface area contributed by atoms with Crippen LogP contribution in [0.15, 0.2) is 60.7 Å². The Kier molecular flexibility index (Phi) is 12.2. The lowest BCUT2D eigenvalue weighted by molar-refractivity contribution is 0.187. The summed E-state index contributed by atoms with van der Waals surface area (Å²) in [6.07, 6.45) is 21.0. The van der Waals surface area contributed by atoms with Crippen LogP contribution < -0.4 is 4.74 Å². The molecule has 0 bridgehead atoms. The van der Waals surface area contributed by atoms with E-state index in [1.54, 1.807) is 24.3 Å². The number of benzene rings is 3. The zero-order chi connectivity index (χ0) is 31.6. The summed E-state index contributed by atoms with van der Waals surface area (Å²) < 4.78 is 50.3. The zero-order valence-electron chi connectivity index (χ0n) is 27.4. The van der Waals surface area contributed by atoms with Gasteiger partial charge in [0.1, 0.15) is 5.82 Å². The van der Waals surface area contributed by atoms with Crippen LogP contribution in [-0.4, -0.2) is 6.61 Å². The molecule has 0 saturated heterocycles. The van der Waals surface area contributed by atoms with Gasteiger partial charge in [0.2, 0.25) is 5.82 Å². The van der Waals surface area contributed by atoms with E-state index in [-0.39, 0.29) is 17.1 Å². The number of unbranched alkanes of at least 4 members (excludes halogenated alkanes) is 5. The lowest BCUT2D eigenvalue weighted by atomic mass is 9.70. The zero-order valence-corrected chi connectivity index (χ0v) is 27.4. The predicted molar refractivity (Wildman–Crippen MR) is 182 cm³/mol. The summed E-state index contributed by atoms with van der Waals surface area (Å²) in [5.74, 6) is 0.353. The lowest BCUT2D eigenvalue weighted by Gasteiger charge is -2.35. The number of rotatable bonds is 14. The van der Waals surface area contributed by atoms with Crippen LogP contribution in [0.5, 0.6) is 5.75 Å². The van der Waals surface area contributed by atoms with Gasteiger partial charge in [-0.3, -0.25) is 0 Å². The van der Waals surface area contributed by atoms with Gasteiger partial charge in [0.15, 0.2) is 11.6 Å². The van der Waals surface area contributed by atoms with Crippen molar-refractivity contribution in [1.82, 2.24) is 0 Å². The van der Waals surface area contributed by atoms with E-state index in [1.165, 1.54) is 70.3 Å². The number of allylic oxidation sites excluding steroid dienone is 2. The summed E-state index contributed by atoms with van der Waals surface area (Å²) >= 11 is 0. The van der Waals surface area contributed by atoms with Gasteiger partial charge in [0.05, 0.1) is 6.61 Å². The molecular weight excluding hydrogens is 565 g/mol. The van der Waals surface area contributed by atoms with Gasteiger partial charge in [-0.25, -0.2) is 8.78 Å². The number of halogens is 3. The van der Waals surface area contributed by atoms with E-state index >= 15 is 4.39 Å². The van der Waals surface area contributed by atoms with E-state index in [0.29, 0.717) is 17.7 Å². The van der Waals surface area contributed by atoms with Gasteiger partial charge in [0.25, 0.3) is 0 Å². The highest BCUT2D eigenvalue weighted by atomic mass is 19.2. The molecule has 2 aliphatic carbocycles. The minimum absolute atomic E-state index is 0.0635. The summed E-state index contributed by atoms with van der Waals surface area (Å²) in [5, 5.41) is 0. The van der Waals surface area contributed by atoms with Crippen LogP contribution in [-0.2, 0) is 0 Å². The van der Waals surface area contributed by atoms with E-state index in [9.17, 15) is 8.78 Å². The van der Waals surface area contributed by atoms with Crippen molar-refractivity contribution in [3.05, 3.63) is 83.7 Å². The Morgan fingerprint density at radius 1 is 0.644 bits per heavy atom. The Morgan fingerprint density at radius 3 is 2.02 bits per heavy atom. The van der Waals surface area contributed by atoms with Crippen LogP contribution in [0.3, 0.4) is 0 Å². The second-order valence-electron chi connectivity index (χ2n) is 13.5. The van der Waals surface area contributed by atoms with E-state index in [4.69, 9.17) is 4.74 Å². The standard InChI is InChI=1S/C41H51F3O/c1-3-5-7-8-9-10-29-11-13-30(14-12-29)31-15-19-33(20-16-31)36-24-23-35(28-38(36)42)32-17-21-34(22-18-32)37-25-26-39(41(44)40(37)43)45-27-6-4-2/h17-19,21-26,28-31H,3-16,20,27H2,1-2H3. The molecule has 1 atom stereocenters. The fourth-order valence-corrected chi connectivity index (χ4v) is 7.50. The molecule has 1 saturated carbocycles. The molecule has 3 aromatic rings. The SMILES string of the molecule is CCCCCCCC1CCC(C2CC=C(c3ccc(-c4ccc(-c5ccc(OCCCC)c(F)c5F)cc4)cc3F)CC2)CC1. The quantitative estimate of drug-likeness (QED) is 0.164. The number of hydrogen-bond donors (Lipinski definition) is 0. The molecule has 0 aromatic heterocycles. The Balaban J connectivity index is 1.16. The highest BCUT2D eigenvalue weighted by Crippen LogP contribution is 2.43. The smallest absolute Gasteiger partial charge is 0.201 e. The molecular formula is C41H51F3O. The van der Waals surface area contributed by atoms with Gasteiger partial charge in [-0.2, -0.15) is 4.39 Å². The van der Waals surface area contributed by atoms with Gasteiger partial charge in [0, 0.05) is 11.1 Å². The van der Waals surface area contributed by atoms with E-state index in [0.717, 1.165) is 66.6 Å². The molecule has 0 heterocycles. The summed E-state index contributed by atoms with van der Waals surface area (Å²) in [6, 6.07) is 15.7. The first-order chi connectivity index (χ1) is 22.0. The lowest BCUT2D eigenvalue weighted by Crippen LogP contribution is -2.23. The average Bonchev–Trinajstić information content (AvgIpc) is 3.07. The highest BCUT2D eigenvalue weighted by Gasteiger charge is 2.29. The van der Waals surface area contributed by atoms with Gasteiger partial charge in [-0.1, -0.05) is 114 Å². The molecule has 45 heavy (non-hydrogen) atoms. The van der Waals surface area contributed by atoms with Crippen molar-refractivity contribution in [1.29, 1.82) is 0 Å². The van der Waals surface area contributed by atoms with Gasteiger partial charge >= 0.3 is 0 Å². The molecule has 242 valence electrons. The predicted octanol–water partition coefficient (Wildman–Crippen LogP) is 13.0. The second kappa shape index (κ2) is 16.5. The third-order valence-electron chi connectivity index (χ3n) is 10.4. The molecule has 4 heteroatoms. The maximum absolute atomic E-state index is 15.4. The van der Waals surface area contributed by atoms with Crippen molar-refractivity contribution >= 4 is 5.57 Å². The summed E-state index contributed by atoms with van der Waals surface area (Å²) in [7, 11) is 0. The van der Waals surface area contributed by atoms with Crippen LogP contribution in [0.2, 0.25) is 0 Å². The fourth-order valence-electron chi connectivity index (χ4n) is 7.50. The Hall–Kier alpha value is -3.01. The van der Waals surface area contributed by atoms with Crippen molar-refractivity contribution in [2.24, 2.45) is 17.8 Å². The molecule has 1 fully saturated rings. The summed E-state index contributed by atoms with van der Waals surface area (Å²) in [4.78, 5) is 0. The molecule has 3 aromatic carbocycles. The first-order valence-electron chi connectivity index (χ1n) is 17.7. The van der Waals surface area contributed by atoms with Gasteiger partial charge in [-0.15, -0.1) is 0 Å². The van der Waals surface area contributed by atoms with Crippen molar-refractivity contribution in [3.8, 4) is 28.0 Å². The largest absolute Gasteiger partial charge is 0.490 e. The minimum Gasteiger partial charge on any atom is -0.490 e.